The van der Waals surface area contributed by atoms with Crippen LogP contribution in [-0.4, -0.2) is 48.7 Å². The Hall–Kier alpha value is -3.42. The smallest absolute Gasteiger partial charge is 0.341 e. The summed E-state index contributed by atoms with van der Waals surface area (Å²) in [5.74, 6) is -0.496. The molecular formula is C28H31NO6. The van der Waals surface area contributed by atoms with Gasteiger partial charge in [0.15, 0.2) is 5.43 Å². The van der Waals surface area contributed by atoms with E-state index in [0.29, 0.717) is 32.1 Å². The molecule has 3 aromatic rings. The molecule has 4 rings (SSSR count). The van der Waals surface area contributed by atoms with Crippen LogP contribution in [0.2, 0.25) is 0 Å². The third kappa shape index (κ3) is 5.47. The third-order valence-corrected chi connectivity index (χ3v) is 6.11. The molecule has 0 aliphatic carbocycles. The number of ether oxygens (including phenoxy) is 3. The molecule has 35 heavy (non-hydrogen) atoms. The van der Waals surface area contributed by atoms with E-state index >= 15 is 0 Å². The van der Waals surface area contributed by atoms with E-state index in [1.165, 1.54) is 12.3 Å². The number of aromatic nitrogens is 1. The molecule has 0 spiro atoms. The van der Waals surface area contributed by atoms with E-state index in [4.69, 9.17) is 14.2 Å². The summed E-state index contributed by atoms with van der Waals surface area (Å²) in [6.07, 6.45) is 2.26. The number of benzene rings is 2. The highest BCUT2D eigenvalue weighted by Crippen LogP contribution is 2.43. The molecule has 1 N–H and O–H groups in total. The van der Waals surface area contributed by atoms with Gasteiger partial charge in [0.2, 0.25) is 0 Å². The summed E-state index contributed by atoms with van der Waals surface area (Å²) >= 11 is 0. The van der Waals surface area contributed by atoms with E-state index in [1.54, 1.807) is 7.11 Å². The van der Waals surface area contributed by atoms with Gasteiger partial charge in [-0.25, -0.2) is 4.79 Å². The average molecular weight is 478 g/mol. The standard InChI is InChI=1S/C28H31NO6/c1-18(2)35-17-20-15-29-16-24(28(31)32)26(30)14-25(29)23-12-22(19-8-5-4-6-9-19)27(13-21(20)23)34-11-7-10-33-3/h4-6,8-9,12-14,16,18,20H,7,10-11,15,17H2,1-3H3,(H,31,32)/t20-/m1/s1. The first-order valence-electron chi connectivity index (χ1n) is 11.8. The Bertz CT molecular complexity index is 1250. The van der Waals surface area contributed by atoms with Crippen LogP contribution >= 0.6 is 0 Å². The SMILES string of the molecule is COCCCOc1cc2c(cc1-c1ccccc1)-c1cc(=O)c(C(=O)O)cn1C[C@@H]2COC(C)C. The Labute approximate surface area is 204 Å². The van der Waals surface area contributed by atoms with Gasteiger partial charge in [0.05, 0.1) is 25.0 Å². The van der Waals surface area contributed by atoms with Crippen LogP contribution in [-0.2, 0) is 16.0 Å². The summed E-state index contributed by atoms with van der Waals surface area (Å²) in [7, 11) is 1.67. The number of carboxylic acid groups (broad SMARTS) is 1. The number of hydrogen-bond donors (Lipinski definition) is 1. The molecule has 0 saturated carbocycles. The van der Waals surface area contributed by atoms with Crippen LogP contribution in [0.15, 0.2) is 59.5 Å². The molecule has 1 atom stereocenters. The minimum atomic E-state index is -1.23. The van der Waals surface area contributed by atoms with Crippen LogP contribution in [0.5, 0.6) is 5.75 Å². The van der Waals surface area contributed by atoms with E-state index in [2.05, 4.69) is 6.07 Å². The fourth-order valence-corrected chi connectivity index (χ4v) is 4.41. The van der Waals surface area contributed by atoms with Gasteiger partial charge in [-0.05, 0) is 37.1 Å². The molecule has 2 aromatic carbocycles. The quantitative estimate of drug-likeness (QED) is 0.422. The van der Waals surface area contributed by atoms with Crippen LogP contribution in [0.25, 0.3) is 22.4 Å². The predicted molar refractivity (Wildman–Crippen MR) is 134 cm³/mol. The van der Waals surface area contributed by atoms with E-state index in [9.17, 15) is 14.7 Å². The van der Waals surface area contributed by atoms with E-state index in [1.807, 2.05) is 54.8 Å². The highest BCUT2D eigenvalue weighted by molar-refractivity contribution is 5.88. The fraction of sp³-hybridized carbons (Fsp3) is 0.357. The van der Waals surface area contributed by atoms with E-state index in [0.717, 1.165) is 34.4 Å². The first-order valence-corrected chi connectivity index (χ1v) is 11.8. The molecule has 0 radical (unpaired) electrons. The van der Waals surface area contributed by atoms with Crippen LogP contribution in [0, 0.1) is 0 Å². The number of carboxylic acids is 1. The lowest BCUT2D eigenvalue weighted by atomic mass is 9.86. The van der Waals surface area contributed by atoms with Crippen LogP contribution < -0.4 is 10.2 Å². The molecule has 0 amide bonds. The largest absolute Gasteiger partial charge is 0.493 e. The van der Waals surface area contributed by atoms with Gasteiger partial charge in [0, 0.05) is 56.0 Å². The zero-order valence-electron chi connectivity index (χ0n) is 20.3. The molecule has 0 fully saturated rings. The average Bonchev–Trinajstić information content (AvgIpc) is 2.85. The van der Waals surface area contributed by atoms with Crippen LogP contribution in [0.4, 0.5) is 0 Å². The first-order chi connectivity index (χ1) is 16.9. The van der Waals surface area contributed by atoms with E-state index in [-0.39, 0.29) is 17.6 Å². The summed E-state index contributed by atoms with van der Waals surface area (Å²) in [6, 6.07) is 15.5. The number of fused-ring (bicyclic) bond motifs is 3. The van der Waals surface area contributed by atoms with Crippen molar-refractivity contribution in [3.05, 3.63) is 76.1 Å². The Morgan fingerprint density at radius 1 is 1.11 bits per heavy atom. The zero-order chi connectivity index (χ0) is 24.9. The van der Waals surface area contributed by atoms with Gasteiger partial charge in [-0.1, -0.05) is 30.3 Å². The van der Waals surface area contributed by atoms with Gasteiger partial charge in [-0.3, -0.25) is 4.79 Å². The monoisotopic (exact) mass is 477 g/mol. The van der Waals surface area contributed by atoms with Gasteiger partial charge < -0.3 is 23.9 Å². The highest BCUT2D eigenvalue weighted by atomic mass is 16.5. The second kappa shape index (κ2) is 10.9. The van der Waals surface area contributed by atoms with Gasteiger partial charge in [0.1, 0.15) is 11.3 Å². The zero-order valence-corrected chi connectivity index (χ0v) is 20.3. The predicted octanol–water partition coefficient (Wildman–Crippen LogP) is 4.82. The van der Waals surface area contributed by atoms with Gasteiger partial charge in [0.25, 0.3) is 0 Å². The molecule has 2 heterocycles. The molecule has 0 bridgehead atoms. The maximum absolute atomic E-state index is 12.6. The van der Waals surface area contributed by atoms with Crippen LogP contribution in [0.3, 0.4) is 0 Å². The summed E-state index contributed by atoms with van der Waals surface area (Å²) < 4.78 is 19.2. The Kier molecular flexibility index (Phi) is 7.68. The van der Waals surface area contributed by atoms with Gasteiger partial charge in [-0.2, -0.15) is 0 Å². The normalized spacial score (nSPS) is 14.5. The van der Waals surface area contributed by atoms with Crippen molar-refractivity contribution in [1.29, 1.82) is 0 Å². The van der Waals surface area contributed by atoms with Crippen molar-refractivity contribution in [2.24, 2.45) is 0 Å². The first kappa shape index (κ1) is 24.7. The van der Waals surface area contributed by atoms with E-state index < -0.39 is 11.4 Å². The molecule has 7 heteroatoms. The van der Waals surface area contributed by atoms with Crippen molar-refractivity contribution in [2.45, 2.75) is 38.8 Å². The summed E-state index contributed by atoms with van der Waals surface area (Å²) in [4.78, 5) is 24.2. The highest BCUT2D eigenvalue weighted by Gasteiger charge is 2.28. The number of methoxy groups -OCH3 is 1. The lowest BCUT2D eigenvalue weighted by Crippen LogP contribution is -2.27. The second-order valence-corrected chi connectivity index (χ2v) is 8.97. The molecule has 1 aliphatic heterocycles. The second-order valence-electron chi connectivity index (χ2n) is 8.97. The van der Waals surface area contributed by atoms with Crippen molar-refractivity contribution in [3.63, 3.8) is 0 Å². The number of rotatable bonds is 10. The van der Waals surface area contributed by atoms with Crippen molar-refractivity contribution >= 4 is 5.97 Å². The Morgan fingerprint density at radius 3 is 2.57 bits per heavy atom. The van der Waals surface area contributed by atoms with Gasteiger partial charge >= 0.3 is 5.97 Å². The van der Waals surface area contributed by atoms with Crippen molar-refractivity contribution < 1.29 is 24.1 Å². The number of pyridine rings is 1. The van der Waals surface area contributed by atoms with Crippen LogP contribution in [0.1, 0.15) is 42.1 Å². The maximum Gasteiger partial charge on any atom is 0.341 e. The molecule has 1 aromatic heterocycles. The number of carbonyl (C=O) groups is 1. The fourth-order valence-electron chi connectivity index (χ4n) is 4.41. The molecular weight excluding hydrogens is 446 g/mol. The maximum atomic E-state index is 12.6. The lowest BCUT2D eigenvalue weighted by molar-refractivity contribution is 0.0636. The summed E-state index contributed by atoms with van der Waals surface area (Å²) in [5, 5.41) is 9.49. The number of nitrogens with zero attached hydrogens (tertiary/aromatic N) is 1. The molecule has 1 aliphatic rings. The van der Waals surface area contributed by atoms with Crippen molar-refractivity contribution in [2.75, 3.05) is 26.9 Å². The lowest BCUT2D eigenvalue weighted by Gasteiger charge is -2.31. The number of aromatic carboxylic acids is 1. The summed E-state index contributed by atoms with van der Waals surface area (Å²) in [5.41, 5.74) is 3.76. The summed E-state index contributed by atoms with van der Waals surface area (Å²) in [6.45, 7) is 6.06. The Morgan fingerprint density at radius 2 is 1.89 bits per heavy atom. The number of hydrogen-bond acceptors (Lipinski definition) is 5. The minimum absolute atomic E-state index is 0.0322. The van der Waals surface area contributed by atoms with Crippen molar-refractivity contribution in [1.82, 2.24) is 4.57 Å². The minimum Gasteiger partial charge on any atom is -0.493 e. The molecule has 7 nitrogen and oxygen atoms in total. The van der Waals surface area contributed by atoms with Gasteiger partial charge in [-0.15, -0.1) is 0 Å². The Balaban J connectivity index is 1.88. The molecule has 0 unspecified atom stereocenters. The van der Waals surface area contributed by atoms with Crippen molar-refractivity contribution in [3.8, 4) is 28.1 Å². The third-order valence-electron chi connectivity index (χ3n) is 6.11. The molecule has 0 saturated heterocycles. The molecule has 184 valence electrons. The topological polar surface area (TPSA) is 87.0 Å².